The third kappa shape index (κ3) is 5.40. The van der Waals surface area contributed by atoms with E-state index in [0.717, 1.165) is 24.0 Å². The van der Waals surface area contributed by atoms with E-state index in [2.05, 4.69) is 9.97 Å². The lowest BCUT2D eigenvalue weighted by Gasteiger charge is -2.32. The molecule has 2 fully saturated rings. The highest BCUT2D eigenvalue weighted by Gasteiger charge is 2.56. The number of fused-ring (bicyclic) bond motifs is 2. The average molecular weight is 575 g/mol. The fourth-order valence-electron chi connectivity index (χ4n) is 5.47. The maximum Gasteiger partial charge on any atom is 0.411 e. The maximum atomic E-state index is 13.7. The van der Waals surface area contributed by atoms with Crippen LogP contribution in [0.5, 0.6) is 6.01 Å². The van der Waals surface area contributed by atoms with Crippen LogP contribution in [0.1, 0.15) is 30.9 Å². The fourth-order valence-corrected chi connectivity index (χ4v) is 5.47. The molecule has 13 heteroatoms. The predicted octanol–water partition coefficient (Wildman–Crippen LogP) is 4.10. The number of benzene rings is 1. The van der Waals surface area contributed by atoms with E-state index in [0.29, 0.717) is 40.0 Å². The first kappa shape index (κ1) is 28.2. The summed E-state index contributed by atoms with van der Waals surface area (Å²) < 4.78 is 64.9. The van der Waals surface area contributed by atoms with Crippen LogP contribution in [0, 0.1) is 11.7 Å². The molecule has 0 N–H and O–H groups in total. The van der Waals surface area contributed by atoms with Crippen LogP contribution >= 0.6 is 0 Å². The van der Waals surface area contributed by atoms with Gasteiger partial charge in [0, 0.05) is 36.0 Å². The van der Waals surface area contributed by atoms with Crippen LogP contribution < -0.4 is 4.74 Å². The van der Waals surface area contributed by atoms with Crippen molar-refractivity contribution in [1.29, 1.82) is 0 Å². The van der Waals surface area contributed by atoms with Crippen LogP contribution in [0.3, 0.4) is 0 Å². The van der Waals surface area contributed by atoms with Crippen molar-refractivity contribution in [2.24, 2.45) is 5.92 Å². The molecule has 1 saturated carbocycles. The van der Waals surface area contributed by atoms with Crippen LogP contribution in [0.15, 0.2) is 54.4 Å². The molecular formula is C28H26F4N4O5. The Kier molecular flexibility index (Phi) is 7.30. The van der Waals surface area contributed by atoms with Gasteiger partial charge in [0.05, 0.1) is 13.7 Å². The number of ketones is 1. The van der Waals surface area contributed by atoms with Crippen molar-refractivity contribution in [1.82, 2.24) is 19.8 Å². The third-order valence-electron chi connectivity index (χ3n) is 7.71. The molecule has 2 aliphatic carbocycles. The second-order valence-corrected chi connectivity index (χ2v) is 10.2. The zero-order chi connectivity index (χ0) is 29.5. The number of methoxy groups -OCH3 is 1. The molecule has 2 amide bonds. The Balaban J connectivity index is 1.35. The van der Waals surface area contributed by atoms with Gasteiger partial charge in [-0.2, -0.15) is 13.2 Å². The smallest absolute Gasteiger partial charge is 0.411 e. The molecule has 5 rings (SSSR count). The number of hydrogen-bond acceptors (Lipinski definition) is 7. The van der Waals surface area contributed by atoms with Crippen molar-refractivity contribution in [2.45, 2.75) is 44.1 Å². The summed E-state index contributed by atoms with van der Waals surface area (Å²) in [5, 5.41) is 0. The topological polar surface area (TPSA) is 102 Å². The largest absolute Gasteiger partial charge is 0.467 e. The first-order chi connectivity index (χ1) is 19.4. The molecule has 1 spiro atoms. The van der Waals surface area contributed by atoms with E-state index in [1.807, 2.05) is 0 Å². The first-order valence-corrected chi connectivity index (χ1v) is 12.8. The van der Waals surface area contributed by atoms with E-state index < -0.39 is 54.6 Å². The van der Waals surface area contributed by atoms with Crippen molar-refractivity contribution in [3.63, 3.8) is 0 Å². The molecule has 9 nitrogen and oxygen atoms in total. The summed E-state index contributed by atoms with van der Waals surface area (Å²) in [5.41, 5.74) is 0.602. The SMILES string of the molecule is COc1ncc(C2=CC=C3C(CC[C@]34CN(CC(=O)N(Cc3ccc(F)cc3)[C@@H](C)C(F)(F)F)C(=O)O4)C2=O)cn1. The third-order valence-corrected chi connectivity index (χ3v) is 7.71. The molecule has 2 heterocycles. The van der Waals surface area contributed by atoms with Gasteiger partial charge in [-0.3, -0.25) is 14.5 Å². The van der Waals surface area contributed by atoms with E-state index in [1.54, 1.807) is 12.2 Å². The number of carbonyl (C=O) groups excluding carboxylic acids is 3. The lowest BCUT2D eigenvalue weighted by atomic mass is 9.82. The van der Waals surface area contributed by atoms with Gasteiger partial charge in [-0.25, -0.2) is 19.2 Å². The Morgan fingerprint density at radius 2 is 1.88 bits per heavy atom. The van der Waals surface area contributed by atoms with Crippen LogP contribution in [0.4, 0.5) is 22.4 Å². The molecule has 216 valence electrons. The molecule has 41 heavy (non-hydrogen) atoms. The molecule has 0 bridgehead atoms. The van der Waals surface area contributed by atoms with Gasteiger partial charge >= 0.3 is 18.3 Å². The quantitative estimate of drug-likeness (QED) is 0.459. The van der Waals surface area contributed by atoms with E-state index in [-0.39, 0.29) is 18.3 Å². The highest BCUT2D eigenvalue weighted by atomic mass is 19.4. The number of allylic oxidation sites excluding steroid dienone is 3. The van der Waals surface area contributed by atoms with E-state index in [1.165, 1.54) is 31.6 Å². The van der Waals surface area contributed by atoms with Crippen LogP contribution in [0.2, 0.25) is 0 Å². The van der Waals surface area contributed by atoms with Crippen molar-refractivity contribution in [3.8, 4) is 6.01 Å². The van der Waals surface area contributed by atoms with Gasteiger partial charge in [-0.15, -0.1) is 0 Å². The Morgan fingerprint density at radius 1 is 1.20 bits per heavy atom. The second-order valence-electron chi connectivity index (χ2n) is 10.2. The summed E-state index contributed by atoms with van der Waals surface area (Å²) in [6.07, 6.45) is 1.37. The number of rotatable bonds is 7. The molecule has 0 radical (unpaired) electrons. The molecule has 3 atom stereocenters. The summed E-state index contributed by atoms with van der Waals surface area (Å²) in [5.74, 6) is -2.27. The number of ether oxygens (including phenoxy) is 2. The van der Waals surface area contributed by atoms with Crippen molar-refractivity contribution in [2.75, 3.05) is 20.2 Å². The summed E-state index contributed by atoms with van der Waals surface area (Å²) in [7, 11) is 1.42. The van der Waals surface area contributed by atoms with Gasteiger partial charge in [-0.1, -0.05) is 24.3 Å². The molecule has 1 unspecified atom stereocenters. The molecule has 1 aromatic heterocycles. The highest BCUT2D eigenvalue weighted by Crippen LogP contribution is 2.49. The Bertz CT molecular complexity index is 1420. The zero-order valence-electron chi connectivity index (χ0n) is 22.2. The minimum absolute atomic E-state index is 0.0905. The lowest BCUT2D eigenvalue weighted by Crippen LogP contribution is -2.50. The van der Waals surface area contributed by atoms with Gasteiger partial charge in [0.1, 0.15) is 18.4 Å². The highest BCUT2D eigenvalue weighted by molar-refractivity contribution is 6.24. The second kappa shape index (κ2) is 10.6. The zero-order valence-corrected chi connectivity index (χ0v) is 22.2. The number of aromatic nitrogens is 2. The summed E-state index contributed by atoms with van der Waals surface area (Å²) >= 11 is 0. The van der Waals surface area contributed by atoms with Gasteiger partial charge in [0.2, 0.25) is 5.91 Å². The van der Waals surface area contributed by atoms with Gasteiger partial charge in [0.15, 0.2) is 11.4 Å². The standard InChI is InChI=1S/C28H26F4N4O5/c1-16(28(30,31)32)36(13-17-3-5-19(29)6-4-17)23(37)14-35-15-27(41-26(35)39)10-9-21-22(27)8-7-20(24(21)38)18-11-33-25(40-2)34-12-18/h3-8,11-12,16,21H,9-10,13-15H2,1-2H3/t16-,21?,27-/m0/s1. The normalized spacial score (nSPS) is 22.7. The number of hydrogen-bond donors (Lipinski definition) is 0. The lowest BCUT2D eigenvalue weighted by molar-refractivity contribution is -0.187. The van der Waals surface area contributed by atoms with Gasteiger partial charge in [0.25, 0.3) is 0 Å². The van der Waals surface area contributed by atoms with Crippen LogP contribution in [-0.4, -0.2) is 75.6 Å². The van der Waals surface area contributed by atoms with Crippen molar-refractivity contribution in [3.05, 3.63) is 71.3 Å². The molecule has 1 aliphatic heterocycles. The Morgan fingerprint density at radius 3 is 2.51 bits per heavy atom. The van der Waals surface area contributed by atoms with Crippen LogP contribution in [0.25, 0.3) is 5.57 Å². The van der Waals surface area contributed by atoms with Crippen molar-refractivity contribution >= 4 is 23.4 Å². The minimum Gasteiger partial charge on any atom is -0.467 e. The van der Waals surface area contributed by atoms with E-state index in [9.17, 15) is 31.9 Å². The maximum absolute atomic E-state index is 13.7. The Labute approximate surface area is 232 Å². The average Bonchev–Trinajstić information content (AvgIpc) is 3.46. The first-order valence-electron chi connectivity index (χ1n) is 12.8. The number of Topliss-reactive ketones (excluding diaryl/α,β-unsaturated/α-hetero) is 1. The summed E-state index contributed by atoms with van der Waals surface area (Å²) in [6, 6.07) is 2.77. The summed E-state index contributed by atoms with van der Waals surface area (Å²) in [4.78, 5) is 49.2. The number of nitrogens with zero attached hydrogens (tertiary/aromatic N) is 4. The predicted molar refractivity (Wildman–Crippen MR) is 136 cm³/mol. The molecule has 2 aromatic rings. The number of amides is 2. The van der Waals surface area contributed by atoms with E-state index in [4.69, 9.17) is 9.47 Å². The molecule has 1 saturated heterocycles. The minimum atomic E-state index is -4.73. The molecular weight excluding hydrogens is 548 g/mol. The number of alkyl halides is 3. The summed E-state index contributed by atoms with van der Waals surface area (Å²) in [6.45, 7) is -0.327. The van der Waals surface area contributed by atoms with E-state index >= 15 is 0 Å². The van der Waals surface area contributed by atoms with Gasteiger partial charge < -0.3 is 14.4 Å². The Hall–Kier alpha value is -4.29. The molecule has 1 aromatic carbocycles. The fraction of sp³-hybridized carbons (Fsp3) is 0.393. The van der Waals surface area contributed by atoms with Gasteiger partial charge in [-0.05, 0) is 43.0 Å². The van der Waals surface area contributed by atoms with Crippen molar-refractivity contribution < 1.29 is 41.4 Å². The molecule has 3 aliphatic rings. The van der Waals surface area contributed by atoms with Crippen LogP contribution in [-0.2, 0) is 20.9 Å². The number of halogens is 4. The monoisotopic (exact) mass is 574 g/mol. The number of carbonyl (C=O) groups is 3.